The minimum absolute atomic E-state index is 0.731. The standard InChI is InChI=1S/C14H25N/c1-3-9(2)15-14-8-10-7-13(14)12-6-4-5-11(10)12/h9-15H,3-8H2,1-2H3/t9-,10+,11+,12+,13-,14+/m0/s1. The predicted octanol–water partition coefficient (Wildman–Crippen LogP) is 3.20. The molecule has 0 spiro atoms. The first kappa shape index (κ1) is 10.1. The van der Waals surface area contributed by atoms with E-state index in [4.69, 9.17) is 0 Å². The molecule has 86 valence electrons. The summed E-state index contributed by atoms with van der Waals surface area (Å²) >= 11 is 0. The van der Waals surface area contributed by atoms with E-state index in [0.717, 1.165) is 35.8 Å². The Labute approximate surface area is 94.0 Å². The Balaban J connectivity index is 1.65. The van der Waals surface area contributed by atoms with Crippen LogP contribution < -0.4 is 5.32 Å². The molecule has 0 aliphatic heterocycles. The maximum Gasteiger partial charge on any atom is 0.0103 e. The van der Waals surface area contributed by atoms with Crippen molar-refractivity contribution < 1.29 is 0 Å². The molecule has 0 aromatic carbocycles. The molecule has 1 N–H and O–H groups in total. The van der Waals surface area contributed by atoms with Gasteiger partial charge in [0.1, 0.15) is 0 Å². The molecule has 3 aliphatic rings. The molecule has 15 heavy (non-hydrogen) atoms. The Morgan fingerprint density at radius 2 is 1.93 bits per heavy atom. The van der Waals surface area contributed by atoms with Crippen LogP contribution in [0.4, 0.5) is 0 Å². The van der Waals surface area contributed by atoms with Crippen LogP contribution in [0, 0.1) is 23.7 Å². The van der Waals surface area contributed by atoms with Crippen LogP contribution >= 0.6 is 0 Å². The molecule has 0 amide bonds. The molecule has 0 saturated heterocycles. The highest BCUT2D eigenvalue weighted by molar-refractivity contribution is 5.05. The molecule has 0 heterocycles. The molecule has 2 bridgehead atoms. The fourth-order valence-corrected chi connectivity index (χ4v) is 4.74. The van der Waals surface area contributed by atoms with Crippen molar-refractivity contribution in [3.05, 3.63) is 0 Å². The predicted molar refractivity (Wildman–Crippen MR) is 63.7 cm³/mol. The molecule has 0 aromatic rings. The van der Waals surface area contributed by atoms with E-state index in [-0.39, 0.29) is 0 Å². The van der Waals surface area contributed by atoms with Crippen LogP contribution in [0.1, 0.15) is 52.4 Å². The van der Waals surface area contributed by atoms with E-state index in [0.29, 0.717) is 0 Å². The van der Waals surface area contributed by atoms with Crippen molar-refractivity contribution in [2.75, 3.05) is 0 Å². The van der Waals surface area contributed by atoms with Crippen LogP contribution in [-0.4, -0.2) is 12.1 Å². The van der Waals surface area contributed by atoms with E-state index >= 15 is 0 Å². The summed E-state index contributed by atoms with van der Waals surface area (Å²) in [6.07, 6.45) is 8.96. The summed E-state index contributed by atoms with van der Waals surface area (Å²) in [5, 5.41) is 3.87. The van der Waals surface area contributed by atoms with E-state index in [1.807, 2.05) is 0 Å². The first-order chi connectivity index (χ1) is 7.29. The molecule has 0 aromatic heterocycles. The van der Waals surface area contributed by atoms with E-state index in [1.54, 1.807) is 19.3 Å². The van der Waals surface area contributed by atoms with Crippen LogP contribution in [-0.2, 0) is 0 Å². The van der Waals surface area contributed by atoms with Crippen LogP contribution in [0.25, 0.3) is 0 Å². The van der Waals surface area contributed by atoms with Crippen LogP contribution in [0.3, 0.4) is 0 Å². The molecule has 3 saturated carbocycles. The summed E-state index contributed by atoms with van der Waals surface area (Å²) in [6.45, 7) is 4.64. The quantitative estimate of drug-likeness (QED) is 0.749. The van der Waals surface area contributed by atoms with Gasteiger partial charge in [0.15, 0.2) is 0 Å². The van der Waals surface area contributed by atoms with Gasteiger partial charge in [0.25, 0.3) is 0 Å². The van der Waals surface area contributed by atoms with Crippen molar-refractivity contribution in [3.8, 4) is 0 Å². The Kier molecular flexibility index (Phi) is 2.54. The van der Waals surface area contributed by atoms with Gasteiger partial charge >= 0.3 is 0 Å². The fourth-order valence-electron chi connectivity index (χ4n) is 4.74. The topological polar surface area (TPSA) is 12.0 Å². The van der Waals surface area contributed by atoms with Gasteiger partial charge in [0, 0.05) is 12.1 Å². The minimum atomic E-state index is 0.731. The van der Waals surface area contributed by atoms with Crippen molar-refractivity contribution in [1.82, 2.24) is 5.32 Å². The Bertz CT molecular complexity index is 237. The van der Waals surface area contributed by atoms with Gasteiger partial charge in [0.2, 0.25) is 0 Å². The molecule has 3 rings (SSSR count). The molecular weight excluding hydrogens is 182 g/mol. The highest BCUT2D eigenvalue weighted by atomic mass is 15.0. The molecule has 3 fully saturated rings. The molecule has 3 aliphatic carbocycles. The van der Waals surface area contributed by atoms with Gasteiger partial charge < -0.3 is 5.32 Å². The lowest BCUT2D eigenvalue weighted by Gasteiger charge is -2.33. The Morgan fingerprint density at radius 1 is 1.13 bits per heavy atom. The second-order valence-corrected chi connectivity index (χ2v) is 6.24. The molecule has 1 heteroatoms. The first-order valence-electron chi connectivity index (χ1n) is 7.05. The average Bonchev–Trinajstić information content (AvgIpc) is 2.87. The van der Waals surface area contributed by atoms with Gasteiger partial charge in [-0.1, -0.05) is 13.3 Å². The van der Waals surface area contributed by atoms with Crippen LogP contribution in [0.2, 0.25) is 0 Å². The largest absolute Gasteiger partial charge is 0.311 e. The van der Waals surface area contributed by atoms with Crippen molar-refractivity contribution in [2.45, 2.75) is 64.5 Å². The summed E-state index contributed by atoms with van der Waals surface area (Å²) < 4.78 is 0. The molecule has 1 nitrogen and oxygen atoms in total. The minimum Gasteiger partial charge on any atom is -0.311 e. The maximum atomic E-state index is 3.87. The third-order valence-electron chi connectivity index (χ3n) is 5.54. The lowest BCUT2D eigenvalue weighted by Crippen LogP contribution is -2.43. The summed E-state index contributed by atoms with van der Waals surface area (Å²) in [5.74, 6) is 4.41. The number of nitrogens with one attached hydrogen (secondary N) is 1. The van der Waals surface area contributed by atoms with E-state index < -0.39 is 0 Å². The number of hydrogen-bond acceptors (Lipinski definition) is 1. The van der Waals surface area contributed by atoms with Gasteiger partial charge in [-0.05, 0) is 62.7 Å². The third kappa shape index (κ3) is 1.54. The number of hydrogen-bond donors (Lipinski definition) is 1. The molecule has 0 radical (unpaired) electrons. The van der Waals surface area contributed by atoms with Gasteiger partial charge in [-0.2, -0.15) is 0 Å². The highest BCUT2D eigenvalue weighted by Gasteiger charge is 2.53. The number of fused-ring (bicyclic) bond motifs is 5. The summed E-state index contributed by atoms with van der Waals surface area (Å²) in [7, 11) is 0. The zero-order valence-electron chi connectivity index (χ0n) is 10.2. The summed E-state index contributed by atoms with van der Waals surface area (Å²) in [4.78, 5) is 0. The molecule has 0 unspecified atom stereocenters. The van der Waals surface area contributed by atoms with Crippen molar-refractivity contribution in [1.29, 1.82) is 0 Å². The van der Waals surface area contributed by atoms with Crippen molar-refractivity contribution >= 4 is 0 Å². The SMILES string of the molecule is CC[C@H](C)N[C@@H]1C[C@H]2C[C@H]1[C@@H]1CCC[C@H]21. The zero-order chi connectivity index (χ0) is 10.4. The molecule has 6 atom stereocenters. The lowest BCUT2D eigenvalue weighted by molar-refractivity contribution is 0.199. The first-order valence-corrected chi connectivity index (χ1v) is 7.05. The zero-order valence-corrected chi connectivity index (χ0v) is 10.2. The van der Waals surface area contributed by atoms with E-state index in [2.05, 4.69) is 19.2 Å². The van der Waals surface area contributed by atoms with Crippen LogP contribution in [0.15, 0.2) is 0 Å². The van der Waals surface area contributed by atoms with Gasteiger partial charge in [-0.15, -0.1) is 0 Å². The van der Waals surface area contributed by atoms with Gasteiger partial charge in [0.05, 0.1) is 0 Å². The Morgan fingerprint density at radius 3 is 2.73 bits per heavy atom. The van der Waals surface area contributed by atoms with Crippen molar-refractivity contribution in [3.63, 3.8) is 0 Å². The van der Waals surface area contributed by atoms with Crippen molar-refractivity contribution in [2.24, 2.45) is 23.7 Å². The summed E-state index contributed by atoms with van der Waals surface area (Å²) in [6, 6.07) is 1.61. The Hall–Kier alpha value is -0.0400. The highest BCUT2D eigenvalue weighted by Crippen LogP contribution is 2.58. The van der Waals surface area contributed by atoms with E-state index in [9.17, 15) is 0 Å². The third-order valence-corrected chi connectivity index (χ3v) is 5.54. The monoisotopic (exact) mass is 207 g/mol. The van der Waals surface area contributed by atoms with Gasteiger partial charge in [-0.3, -0.25) is 0 Å². The van der Waals surface area contributed by atoms with Gasteiger partial charge in [-0.25, -0.2) is 0 Å². The normalized spacial score (nSPS) is 49.6. The molecular formula is C14H25N. The van der Waals surface area contributed by atoms with E-state index in [1.165, 1.54) is 19.3 Å². The maximum absolute atomic E-state index is 3.87. The average molecular weight is 207 g/mol. The number of rotatable bonds is 3. The van der Waals surface area contributed by atoms with Crippen LogP contribution in [0.5, 0.6) is 0 Å². The summed E-state index contributed by atoms with van der Waals surface area (Å²) in [5.41, 5.74) is 0. The lowest BCUT2D eigenvalue weighted by atomic mass is 9.79. The smallest absolute Gasteiger partial charge is 0.0103 e. The fraction of sp³-hybridized carbons (Fsp3) is 1.00. The second-order valence-electron chi connectivity index (χ2n) is 6.24. The second kappa shape index (κ2) is 3.76.